The topological polar surface area (TPSA) is 88.5 Å². The Labute approximate surface area is 200 Å². The van der Waals surface area contributed by atoms with E-state index in [0.29, 0.717) is 41.5 Å². The third-order valence-electron chi connectivity index (χ3n) is 5.50. The van der Waals surface area contributed by atoms with Crippen molar-refractivity contribution in [3.05, 3.63) is 76.7 Å². The van der Waals surface area contributed by atoms with E-state index >= 15 is 0 Å². The number of aromatic nitrogens is 3. The molecule has 0 aliphatic heterocycles. The van der Waals surface area contributed by atoms with Crippen LogP contribution >= 0.6 is 11.6 Å². The van der Waals surface area contributed by atoms with Crippen molar-refractivity contribution in [1.29, 1.82) is 0 Å². The van der Waals surface area contributed by atoms with E-state index in [-0.39, 0.29) is 16.5 Å². The molecule has 3 N–H and O–H groups in total. The first kappa shape index (κ1) is 23.6. The minimum Gasteiger partial charge on any atom is -0.342 e. The molecule has 0 radical (unpaired) electrons. The molecule has 0 saturated heterocycles. The Morgan fingerprint density at radius 1 is 1.21 bits per heavy atom. The molecule has 4 rings (SSSR count). The second kappa shape index (κ2) is 9.74. The summed E-state index contributed by atoms with van der Waals surface area (Å²) >= 11 is 5.68. The zero-order valence-corrected chi connectivity index (χ0v) is 19.4. The number of carbonyl (C=O) groups is 1. The normalized spacial score (nSPS) is 11.1. The minimum absolute atomic E-state index is 0.0315. The summed E-state index contributed by atoms with van der Waals surface area (Å²) < 4.78 is 30.1. The summed E-state index contributed by atoms with van der Waals surface area (Å²) in [4.78, 5) is 23.0. The van der Waals surface area contributed by atoms with Crippen LogP contribution in [0.1, 0.15) is 22.3 Å². The van der Waals surface area contributed by atoms with Crippen LogP contribution in [0.2, 0.25) is 5.02 Å². The average molecular weight is 485 g/mol. The van der Waals surface area contributed by atoms with Gasteiger partial charge in [0.05, 0.1) is 16.9 Å². The quantitative estimate of drug-likeness (QED) is 0.368. The molecular weight excluding hydrogens is 462 g/mol. The molecule has 0 unspecified atom stereocenters. The lowest BCUT2D eigenvalue weighted by molar-refractivity contribution is 0.0793. The number of rotatable bonds is 7. The van der Waals surface area contributed by atoms with E-state index in [1.165, 1.54) is 24.5 Å². The van der Waals surface area contributed by atoms with Gasteiger partial charge in [-0.25, -0.2) is 18.7 Å². The van der Waals surface area contributed by atoms with Gasteiger partial charge < -0.3 is 16.0 Å². The van der Waals surface area contributed by atoms with Crippen molar-refractivity contribution < 1.29 is 13.6 Å². The highest BCUT2D eigenvalue weighted by Gasteiger charge is 2.19. The number of hydrogen-bond donors (Lipinski definition) is 2. The standard InChI is InChI=1S/C24H23ClF2N6O/c1-14-12-15(4-5-16(14)24(34)32(2)10-3-8-28)31-22-23-30-13-19(33(23)11-9-29-22)17-6-7-18(25)21(27)20(17)26/h4-7,9,11-13H,3,8,10,28H2,1-2H3,(H,29,31). The fraction of sp³-hybridized carbons (Fsp3) is 0.208. The van der Waals surface area contributed by atoms with Gasteiger partial charge >= 0.3 is 0 Å². The molecule has 1 amide bonds. The van der Waals surface area contributed by atoms with Gasteiger partial charge in [0.2, 0.25) is 0 Å². The fourth-order valence-corrected chi connectivity index (χ4v) is 3.83. The lowest BCUT2D eigenvalue weighted by Gasteiger charge is -2.18. The van der Waals surface area contributed by atoms with Gasteiger partial charge in [0.15, 0.2) is 23.1 Å². The van der Waals surface area contributed by atoms with Crippen LogP contribution in [0.3, 0.4) is 0 Å². The van der Waals surface area contributed by atoms with E-state index in [4.69, 9.17) is 17.3 Å². The van der Waals surface area contributed by atoms with E-state index in [9.17, 15) is 13.6 Å². The smallest absolute Gasteiger partial charge is 0.253 e. The molecule has 10 heteroatoms. The highest BCUT2D eigenvalue weighted by atomic mass is 35.5. The highest BCUT2D eigenvalue weighted by molar-refractivity contribution is 6.30. The number of aryl methyl sites for hydroxylation is 1. The summed E-state index contributed by atoms with van der Waals surface area (Å²) in [6.07, 6.45) is 5.31. The monoisotopic (exact) mass is 484 g/mol. The number of anilines is 2. The van der Waals surface area contributed by atoms with Crippen LogP contribution in [0, 0.1) is 18.6 Å². The van der Waals surface area contributed by atoms with E-state index in [0.717, 1.165) is 12.0 Å². The Bertz CT molecular complexity index is 1370. The third kappa shape index (κ3) is 4.44. The van der Waals surface area contributed by atoms with E-state index in [1.54, 1.807) is 34.7 Å². The molecule has 0 saturated carbocycles. The summed E-state index contributed by atoms with van der Waals surface area (Å²) in [6.45, 7) is 2.96. The van der Waals surface area contributed by atoms with Gasteiger partial charge in [-0.2, -0.15) is 0 Å². The second-order valence-electron chi connectivity index (χ2n) is 7.86. The number of hydrogen-bond acceptors (Lipinski definition) is 5. The summed E-state index contributed by atoms with van der Waals surface area (Å²) in [5.74, 6) is -1.82. The molecule has 0 aliphatic rings. The van der Waals surface area contributed by atoms with Crippen molar-refractivity contribution in [3.63, 3.8) is 0 Å². The van der Waals surface area contributed by atoms with Crippen LogP contribution in [0.5, 0.6) is 0 Å². The molecule has 0 spiro atoms. The van der Waals surface area contributed by atoms with Gasteiger partial charge in [-0.05, 0) is 55.8 Å². The van der Waals surface area contributed by atoms with Crippen molar-refractivity contribution >= 4 is 34.7 Å². The van der Waals surface area contributed by atoms with Crippen molar-refractivity contribution in [3.8, 4) is 11.3 Å². The van der Waals surface area contributed by atoms with E-state index in [1.807, 2.05) is 13.0 Å². The van der Waals surface area contributed by atoms with Crippen LogP contribution < -0.4 is 11.1 Å². The van der Waals surface area contributed by atoms with Crippen LogP contribution in [-0.4, -0.2) is 45.3 Å². The summed E-state index contributed by atoms with van der Waals surface area (Å²) in [5, 5.41) is 2.90. The molecular formula is C24H23ClF2N6O. The average Bonchev–Trinajstić information content (AvgIpc) is 3.26. The minimum atomic E-state index is -1.11. The molecule has 34 heavy (non-hydrogen) atoms. The number of fused-ring (bicyclic) bond motifs is 1. The highest BCUT2D eigenvalue weighted by Crippen LogP contribution is 2.30. The van der Waals surface area contributed by atoms with Gasteiger partial charge in [-0.1, -0.05) is 11.6 Å². The van der Waals surface area contributed by atoms with Crippen LogP contribution in [0.4, 0.5) is 20.3 Å². The lowest BCUT2D eigenvalue weighted by Crippen LogP contribution is -2.29. The fourth-order valence-electron chi connectivity index (χ4n) is 3.68. The summed E-state index contributed by atoms with van der Waals surface area (Å²) in [7, 11) is 1.75. The molecule has 0 bridgehead atoms. The largest absolute Gasteiger partial charge is 0.342 e. The molecule has 0 aliphatic carbocycles. The SMILES string of the molecule is Cc1cc(Nc2nccn3c(-c4ccc(Cl)c(F)c4F)cnc23)ccc1C(=O)N(C)CCCN. The first-order valence-electron chi connectivity index (χ1n) is 10.6. The molecule has 176 valence electrons. The Morgan fingerprint density at radius 2 is 2.00 bits per heavy atom. The number of amides is 1. The second-order valence-corrected chi connectivity index (χ2v) is 8.27. The summed E-state index contributed by atoms with van der Waals surface area (Å²) in [5.41, 5.74) is 8.43. The Kier molecular flexibility index (Phi) is 6.76. The Balaban J connectivity index is 1.63. The number of nitrogens with zero attached hydrogens (tertiary/aromatic N) is 4. The molecule has 0 fully saturated rings. The Morgan fingerprint density at radius 3 is 2.74 bits per heavy atom. The summed E-state index contributed by atoms with van der Waals surface area (Å²) in [6, 6.07) is 8.07. The maximum atomic E-state index is 14.5. The zero-order valence-electron chi connectivity index (χ0n) is 18.6. The predicted molar refractivity (Wildman–Crippen MR) is 128 cm³/mol. The predicted octanol–water partition coefficient (Wildman–Crippen LogP) is 4.80. The van der Waals surface area contributed by atoms with Crippen molar-refractivity contribution in [1.82, 2.24) is 19.3 Å². The van der Waals surface area contributed by atoms with Gasteiger partial charge in [0.25, 0.3) is 5.91 Å². The number of imidazole rings is 1. The van der Waals surface area contributed by atoms with Gasteiger partial charge in [0.1, 0.15) is 0 Å². The first-order valence-corrected chi connectivity index (χ1v) is 11.0. The maximum absolute atomic E-state index is 14.5. The maximum Gasteiger partial charge on any atom is 0.253 e. The van der Waals surface area contributed by atoms with Crippen molar-refractivity contribution in [2.45, 2.75) is 13.3 Å². The molecule has 7 nitrogen and oxygen atoms in total. The Hall–Kier alpha value is -3.56. The molecule has 2 aromatic heterocycles. The van der Waals surface area contributed by atoms with E-state index < -0.39 is 11.6 Å². The lowest BCUT2D eigenvalue weighted by atomic mass is 10.1. The zero-order chi connectivity index (χ0) is 24.4. The first-order chi connectivity index (χ1) is 16.3. The molecule has 2 heterocycles. The molecule has 2 aromatic carbocycles. The van der Waals surface area contributed by atoms with Gasteiger partial charge in [-0.15, -0.1) is 0 Å². The number of nitrogens with one attached hydrogen (secondary N) is 1. The van der Waals surface area contributed by atoms with E-state index in [2.05, 4.69) is 15.3 Å². The third-order valence-corrected chi connectivity index (χ3v) is 5.79. The number of carbonyl (C=O) groups excluding carboxylic acids is 1. The molecule has 0 atom stereocenters. The number of benzene rings is 2. The van der Waals surface area contributed by atoms with Crippen molar-refractivity contribution in [2.75, 3.05) is 25.5 Å². The molecule has 4 aromatic rings. The number of nitrogens with two attached hydrogens (primary N) is 1. The van der Waals surface area contributed by atoms with Crippen LogP contribution in [-0.2, 0) is 0 Å². The van der Waals surface area contributed by atoms with Crippen LogP contribution in [0.25, 0.3) is 16.9 Å². The number of halogens is 3. The van der Waals surface area contributed by atoms with Crippen molar-refractivity contribution in [2.24, 2.45) is 5.73 Å². The van der Waals surface area contributed by atoms with Gasteiger partial charge in [0, 0.05) is 42.8 Å². The van der Waals surface area contributed by atoms with Crippen LogP contribution in [0.15, 0.2) is 48.9 Å². The van der Waals surface area contributed by atoms with Gasteiger partial charge in [-0.3, -0.25) is 9.20 Å².